The number of furan rings is 1. The second-order valence-corrected chi connectivity index (χ2v) is 11.1. The van der Waals surface area contributed by atoms with Crippen LogP contribution in [0.2, 0.25) is 0 Å². The fourth-order valence-corrected chi connectivity index (χ4v) is 6.52. The van der Waals surface area contributed by atoms with Crippen LogP contribution in [-0.2, 0) is 0 Å². The summed E-state index contributed by atoms with van der Waals surface area (Å²) in [5.41, 5.74) is 6.01. The molecule has 0 unspecified atom stereocenters. The minimum atomic E-state index is -0.222. The lowest BCUT2D eigenvalue weighted by Crippen LogP contribution is -1.92. The standard InChI is InChI=1S/C44H28O/c1-3-13-29(14-4-1)31-24-26-41-40(27-31)34-25-23-32(28-42(34)45-41)43-36-19-9-11-21-38(36)44(39-22-12-10-20-37(39)43)35-18-8-7-17-33(35)30-15-5-2-6-16-30/h1-28H/i23D,24D,25D,26D,27D,28D. The van der Waals surface area contributed by atoms with Gasteiger partial charge in [0.2, 0.25) is 0 Å². The third-order valence-electron chi connectivity index (χ3n) is 8.54. The number of fused-ring (bicyclic) bond motifs is 5. The minimum Gasteiger partial charge on any atom is -0.456 e. The third-order valence-corrected chi connectivity index (χ3v) is 8.54. The first-order chi connectivity index (χ1) is 24.9. The Morgan fingerprint density at radius 2 is 0.867 bits per heavy atom. The molecule has 0 aliphatic heterocycles. The number of hydrogen-bond acceptors (Lipinski definition) is 1. The van der Waals surface area contributed by atoms with Gasteiger partial charge in [-0.3, -0.25) is 0 Å². The van der Waals surface area contributed by atoms with Crippen LogP contribution in [0.15, 0.2) is 174 Å². The van der Waals surface area contributed by atoms with E-state index in [1.165, 1.54) is 0 Å². The van der Waals surface area contributed by atoms with Crippen LogP contribution in [-0.4, -0.2) is 0 Å². The van der Waals surface area contributed by atoms with E-state index >= 15 is 0 Å². The lowest BCUT2D eigenvalue weighted by Gasteiger charge is -2.19. The van der Waals surface area contributed by atoms with Crippen molar-refractivity contribution < 1.29 is 12.6 Å². The first-order valence-corrected chi connectivity index (χ1v) is 15.0. The summed E-state index contributed by atoms with van der Waals surface area (Å²) in [5, 5.41) is 3.85. The minimum absolute atomic E-state index is 0.0270. The average Bonchev–Trinajstić information content (AvgIpc) is 3.59. The molecule has 0 aliphatic rings. The monoisotopic (exact) mass is 578 g/mol. The molecule has 1 aromatic heterocycles. The van der Waals surface area contributed by atoms with Crippen molar-refractivity contribution in [2.75, 3.05) is 0 Å². The summed E-state index contributed by atoms with van der Waals surface area (Å²) < 4.78 is 61.6. The molecule has 9 aromatic rings. The maximum Gasteiger partial charge on any atom is 0.136 e. The van der Waals surface area contributed by atoms with Crippen LogP contribution in [0.5, 0.6) is 0 Å². The summed E-state index contributed by atoms with van der Waals surface area (Å²) in [4.78, 5) is 0. The van der Waals surface area contributed by atoms with Crippen LogP contribution in [0.3, 0.4) is 0 Å². The average molecular weight is 579 g/mol. The van der Waals surface area contributed by atoms with E-state index in [0.29, 0.717) is 11.1 Å². The molecule has 210 valence electrons. The van der Waals surface area contributed by atoms with Crippen molar-refractivity contribution in [3.8, 4) is 44.5 Å². The molecule has 0 bridgehead atoms. The van der Waals surface area contributed by atoms with Crippen LogP contribution in [0.4, 0.5) is 0 Å². The summed E-state index contributed by atoms with van der Waals surface area (Å²) in [6, 6.07) is 42.7. The van der Waals surface area contributed by atoms with E-state index in [2.05, 4.69) is 36.4 Å². The maximum atomic E-state index is 9.61. The SMILES string of the molecule is [2H]c1c(-c2ccccc2)c([2H])c2c(oc3c([2H])c(-c4c5ccccc5c(-c5ccccc5-c5ccccc5)c5ccccc45)c([2H])c([2H])c32)c1[2H]. The quantitative estimate of drug-likeness (QED) is 0.189. The van der Waals surface area contributed by atoms with E-state index in [-0.39, 0.29) is 69.3 Å². The number of hydrogen-bond donors (Lipinski definition) is 0. The van der Waals surface area contributed by atoms with Gasteiger partial charge in [0.25, 0.3) is 0 Å². The van der Waals surface area contributed by atoms with Gasteiger partial charge in [-0.1, -0.05) is 146 Å². The molecule has 0 N–H and O–H groups in total. The van der Waals surface area contributed by atoms with Gasteiger partial charge in [0.05, 0.1) is 8.22 Å². The second-order valence-electron chi connectivity index (χ2n) is 11.1. The van der Waals surface area contributed by atoms with E-state index < -0.39 is 0 Å². The molecule has 1 heterocycles. The Balaban J connectivity index is 1.40. The Hall–Kier alpha value is -5.92. The van der Waals surface area contributed by atoms with Crippen LogP contribution in [0, 0.1) is 0 Å². The zero-order valence-electron chi connectivity index (χ0n) is 30.1. The molecule has 1 heteroatoms. The van der Waals surface area contributed by atoms with Gasteiger partial charge in [-0.15, -0.1) is 0 Å². The smallest absolute Gasteiger partial charge is 0.136 e. The highest BCUT2D eigenvalue weighted by Gasteiger charge is 2.19. The van der Waals surface area contributed by atoms with Crippen molar-refractivity contribution in [2.24, 2.45) is 0 Å². The highest BCUT2D eigenvalue weighted by Crippen LogP contribution is 2.46. The van der Waals surface area contributed by atoms with Crippen molar-refractivity contribution in [3.05, 3.63) is 170 Å². The van der Waals surface area contributed by atoms with Crippen molar-refractivity contribution in [3.63, 3.8) is 0 Å². The molecule has 0 aliphatic carbocycles. The first kappa shape index (κ1) is 20.1. The van der Waals surface area contributed by atoms with Gasteiger partial charge in [-0.25, -0.2) is 0 Å². The molecule has 1 nitrogen and oxygen atoms in total. The summed E-state index contributed by atoms with van der Waals surface area (Å²) in [5.74, 6) is 0. The molecule has 0 saturated carbocycles. The van der Waals surface area contributed by atoms with Gasteiger partial charge < -0.3 is 4.42 Å². The molecule has 0 fully saturated rings. The number of rotatable bonds is 4. The van der Waals surface area contributed by atoms with Crippen LogP contribution in [0.25, 0.3) is 88.0 Å². The largest absolute Gasteiger partial charge is 0.456 e. The van der Waals surface area contributed by atoms with Crippen LogP contribution < -0.4 is 0 Å². The van der Waals surface area contributed by atoms with E-state index in [9.17, 15) is 5.48 Å². The van der Waals surface area contributed by atoms with Gasteiger partial charge in [0, 0.05) is 10.8 Å². The lowest BCUT2D eigenvalue weighted by molar-refractivity contribution is 0.669. The molecule has 9 rings (SSSR count). The third kappa shape index (κ3) is 4.17. The van der Waals surface area contributed by atoms with Crippen molar-refractivity contribution in [2.45, 2.75) is 0 Å². The van der Waals surface area contributed by atoms with E-state index in [0.717, 1.165) is 43.8 Å². The highest BCUT2D eigenvalue weighted by molar-refractivity contribution is 6.23. The predicted molar refractivity (Wildman–Crippen MR) is 190 cm³/mol. The van der Waals surface area contributed by atoms with E-state index in [1.54, 1.807) is 12.1 Å². The van der Waals surface area contributed by atoms with E-state index in [1.807, 2.05) is 84.9 Å². The normalized spacial score (nSPS) is 13.4. The molecule has 0 radical (unpaired) electrons. The Morgan fingerprint density at radius 1 is 0.333 bits per heavy atom. The number of benzene rings is 8. The zero-order valence-corrected chi connectivity index (χ0v) is 24.1. The van der Waals surface area contributed by atoms with Gasteiger partial charge in [-0.05, 0) is 90.2 Å². The molecular formula is C44H28O. The second kappa shape index (κ2) is 10.4. The topological polar surface area (TPSA) is 13.1 Å². The first-order valence-electron chi connectivity index (χ1n) is 18.0. The molecule has 0 saturated heterocycles. The molecule has 45 heavy (non-hydrogen) atoms. The molecular weight excluding hydrogens is 544 g/mol. The van der Waals surface area contributed by atoms with Crippen LogP contribution in [0.1, 0.15) is 8.22 Å². The van der Waals surface area contributed by atoms with Gasteiger partial charge in [0.1, 0.15) is 11.2 Å². The summed E-state index contributed by atoms with van der Waals surface area (Å²) in [6.07, 6.45) is 0. The predicted octanol–water partition coefficient (Wildman–Crippen LogP) is 12.6. The summed E-state index contributed by atoms with van der Waals surface area (Å²) in [6.45, 7) is 0. The Labute approximate surface area is 270 Å². The molecule has 0 amide bonds. The molecule has 8 aromatic carbocycles. The Bertz CT molecular complexity index is 2800. The van der Waals surface area contributed by atoms with Gasteiger partial charge >= 0.3 is 0 Å². The molecule has 0 spiro atoms. The van der Waals surface area contributed by atoms with Crippen LogP contribution >= 0.6 is 0 Å². The fraction of sp³-hybridized carbons (Fsp3) is 0. The highest BCUT2D eigenvalue weighted by atomic mass is 16.3. The lowest BCUT2D eigenvalue weighted by atomic mass is 9.84. The van der Waals surface area contributed by atoms with Crippen molar-refractivity contribution in [1.82, 2.24) is 0 Å². The fourth-order valence-electron chi connectivity index (χ4n) is 6.52. The summed E-state index contributed by atoms with van der Waals surface area (Å²) >= 11 is 0. The summed E-state index contributed by atoms with van der Waals surface area (Å²) in [7, 11) is 0. The van der Waals surface area contributed by atoms with Gasteiger partial charge in [-0.2, -0.15) is 0 Å². The van der Waals surface area contributed by atoms with Crippen molar-refractivity contribution >= 4 is 43.5 Å². The van der Waals surface area contributed by atoms with Crippen molar-refractivity contribution in [1.29, 1.82) is 0 Å². The zero-order chi connectivity index (χ0) is 35.0. The van der Waals surface area contributed by atoms with E-state index in [4.69, 9.17) is 7.16 Å². The Morgan fingerprint density at radius 3 is 1.53 bits per heavy atom. The van der Waals surface area contributed by atoms with Gasteiger partial charge in [0.15, 0.2) is 0 Å². The maximum absolute atomic E-state index is 9.61. The Kier molecular flexibility index (Phi) is 4.63. The molecule has 0 atom stereocenters.